The van der Waals surface area contributed by atoms with Crippen LogP contribution in [0.15, 0.2) is 64.4 Å². The molecule has 0 spiro atoms. The van der Waals surface area contributed by atoms with Crippen LogP contribution in [0.5, 0.6) is 0 Å². The highest BCUT2D eigenvalue weighted by Crippen LogP contribution is 2.32. The van der Waals surface area contributed by atoms with Gasteiger partial charge in [-0.2, -0.15) is 13.2 Å². The lowest BCUT2D eigenvalue weighted by Gasteiger charge is -2.07. The van der Waals surface area contributed by atoms with Crippen LogP contribution in [-0.4, -0.2) is 0 Å². The molecule has 0 aliphatic carbocycles. The molecule has 17 heavy (non-hydrogen) atoms. The highest BCUT2D eigenvalue weighted by Gasteiger charge is 2.29. The summed E-state index contributed by atoms with van der Waals surface area (Å²) >= 11 is 1.44. The zero-order valence-electron chi connectivity index (χ0n) is 8.74. The summed E-state index contributed by atoms with van der Waals surface area (Å²) in [6, 6.07) is 14.7. The third-order valence-corrected chi connectivity index (χ3v) is 3.18. The molecule has 0 radical (unpaired) electrons. The Balaban J connectivity index is 2.14. The van der Waals surface area contributed by atoms with Crippen molar-refractivity contribution in [2.24, 2.45) is 0 Å². The van der Waals surface area contributed by atoms with Crippen LogP contribution in [0, 0.1) is 0 Å². The minimum atomic E-state index is -4.27. The molecule has 88 valence electrons. The molecule has 2 aromatic rings. The lowest BCUT2D eigenvalue weighted by molar-refractivity contribution is -0.137. The lowest BCUT2D eigenvalue weighted by atomic mass is 10.2. The molecule has 0 heterocycles. The van der Waals surface area contributed by atoms with Crippen molar-refractivity contribution < 1.29 is 13.2 Å². The number of halogens is 3. The van der Waals surface area contributed by atoms with Crippen LogP contribution < -0.4 is 0 Å². The van der Waals surface area contributed by atoms with Crippen LogP contribution in [0.3, 0.4) is 0 Å². The fourth-order valence-corrected chi connectivity index (χ4v) is 2.17. The van der Waals surface area contributed by atoms with E-state index < -0.39 is 11.7 Å². The largest absolute Gasteiger partial charge is 0.416 e. The molecular formula is C13H9F3S. The Morgan fingerprint density at radius 3 is 1.76 bits per heavy atom. The Morgan fingerprint density at radius 2 is 1.24 bits per heavy atom. The maximum absolute atomic E-state index is 12.3. The van der Waals surface area contributed by atoms with Crippen LogP contribution in [0.4, 0.5) is 13.2 Å². The molecule has 0 unspecified atom stereocenters. The average molecular weight is 254 g/mol. The second kappa shape index (κ2) is 4.84. The van der Waals surface area contributed by atoms with Gasteiger partial charge >= 0.3 is 6.18 Å². The molecular weight excluding hydrogens is 245 g/mol. The van der Waals surface area contributed by atoms with Crippen molar-refractivity contribution >= 4 is 11.8 Å². The van der Waals surface area contributed by atoms with Crippen LogP contribution in [-0.2, 0) is 6.18 Å². The summed E-state index contributed by atoms with van der Waals surface area (Å²) in [6.45, 7) is 0. The van der Waals surface area contributed by atoms with Crippen molar-refractivity contribution in [3.8, 4) is 0 Å². The first-order valence-corrected chi connectivity index (χ1v) is 5.77. The molecule has 0 bridgehead atoms. The van der Waals surface area contributed by atoms with Gasteiger partial charge in [0.25, 0.3) is 0 Å². The molecule has 0 atom stereocenters. The summed E-state index contributed by atoms with van der Waals surface area (Å²) in [5, 5.41) is 0. The third kappa shape index (κ3) is 3.27. The van der Waals surface area contributed by atoms with Crippen molar-refractivity contribution in [1.29, 1.82) is 0 Å². The van der Waals surface area contributed by atoms with E-state index in [2.05, 4.69) is 0 Å². The normalized spacial score (nSPS) is 11.5. The summed E-state index contributed by atoms with van der Waals surface area (Å²) in [4.78, 5) is 1.80. The van der Waals surface area contributed by atoms with Crippen molar-refractivity contribution in [2.75, 3.05) is 0 Å². The van der Waals surface area contributed by atoms with Gasteiger partial charge in [0.2, 0.25) is 0 Å². The van der Waals surface area contributed by atoms with Crippen LogP contribution >= 0.6 is 11.8 Å². The predicted octanol–water partition coefficient (Wildman–Crippen LogP) is 4.86. The minimum Gasteiger partial charge on any atom is -0.166 e. The van der Waals surface area contributed by atoms with Gasteiger partial charge in [0, 0.05) is 9.79 Å². The molecule has 0 amide bonds. The van der Waals surface area contributed by atoms with E-state index in [4.69, 9.17) is 0 Å². The van der Waals surface area contributed by atoms with E-state index in [9.17, 15) is 13.2 Å². The van der Waals surface area contributed by atoms with Crippen molar-refractivity contribution in [1.82, 2.24) is 0 Å². The van der Waals surface area contributed by atoms with Crippen molar-refractivity contribution in [3.63, 3.8) is 0 Å². The van der Waals surface area contributed by atoms with E-state index in [1.807, 2.05) is 30.3 Å². The zero-order valence-corrected chi connectivity index (χ0v) is 9.55. The molecule has 0 nitrogen and oxygen atoms in total. The lowest BCUT2D eigenvalue weighted by Crippen LogP contribution is -2.03. The van der Waals surface area contributed by atoms with Gasteiger partial charge in [-0.25, -0.2) is 0 Å². The minimum absolute atomic E-state index is 0.616. The average Bonchev–Trinajstić information content (AvgIpc) is 2.30. The standard InChI is InChI=1S/C13H9F3S/c14-13(15,16)10-6-8-12(9-7-10)17-11-4-2-1-3-5-11/h1-9H. The van der Waals surface area contributed by atoms with Crippen molar-refractivity contribution in [2.45, 2.75) is 16.0 Å². The topological polar surface area (TPSA) is 0 Å². The van der Waals surface area contributed by atoms with Crippen molar-refractivity contribution in [3.05, 3.63) is 60.2 Å². The van der Waals surface area contributed by atoms with Crippen LogP contribution in [0.1, 0.15) is 5.56 Å². The molecule has 0 aliphatic rings. The Morgan fingerprint density at radius 1 is 0.706 bits per heavy atom. The number of alkyl halides is 3. The van der Waals surface area contributed by atoms with Gasteiger partial charge in [-0.1, -0.05) is 30.0 Å². The fourth-order valence-electron chi connectivity index (χ4n) is 1.34. The van der Waals surface area contributed by atoms with Gasteiger partial charge < -0.3 is 0 Å². The second-order valence-corrected chi connectivity index (χ2v) is 4.58. The second-order valence-electron chi connectivity index (χ2n) is 3.44. The molecule has 0 saturated carbocycles. The first-order chi connectivity index (χ1) is 8.05. The van der Waals surface area contributed by atoms with Crippen LogP contribution in [0.2, 0.25) is 0 Å². The van der Waals surface area contributed by atoms with E-state index in [1.54, 1.807) is 0 Å². The molecule has 2 aromatic carbocycles. The summed E-state index contributed by atoms with van der Waals surface area (Å²) in [6.07, 6.45) is -4.27. The Hall–Kier alpha value is -1.42. The highest BCUT2D eigenvalue weighted by molar-refractivity contribution is 7.99. The first kappa shape index (κ1) is 12.0. The summed E-state index contributed by atoms with van der Waals surface area (Å²) < 4.78 is 37.0. The van der Waals surface area contributed by atoms with Gasteiger partial charge in [-0.05, 0) is 36.4 Å². The molecule has 0 saturated heterocycles. The number of rotatable bonds is 2. The third-order valence-electron chi connectivity index (χ3n) is 2.16. The summed E-state index contributed by atoms with van der Waals surface area (Å²) in [7, 11) is 0. The maximum atomic E-state index is 12.3. The Kier molecular flexibility index (Phi) is 3.43. The molecule has 0 fully saturated rings. The van der Waals surface area contributed by atoms with Crippen LogP contribution in [0.25, 0.3) is 0 Å². The van der Waals surface area contributed by atoms with Gasteiger partial charge in [0.15, 0.2) is 0 Å². The van der Waals surface area contributed by atoms with Gasteiger partial charge in [0.05, 0.1) is 5.56 Å². The highest BCUT2D eigenvalue weighted by atomic mass is 32.2. The molecule has 0 aromatic heterocycles. The van der Waals surface area contributed by atoms with Gasteiger partial charge in [-0.3, -0.25) is 0 Å². The number of hydrogen-bond donors (Lipinski definition) is 0. The number of benzene rings is 2. The van der Waals surface area contributed by atoms with E-state index in [1.165, 1.54) is 23.9 Å². The Bertz CT molecular complexity index is 474. The smallest absolute Gasteiger partial charge is 0.166 e. The Labute approximate surface area is 101 Å². The van der Waals surface area contributed by atoms with E-state index in [-0.39, 0.29) is 0 Å². The molecule has 0 aliphatic heterocycles. The van der Waals surface area contributed by atoms with E-state index in [0.29, 0.717) is 0 Å². The monoisotopic (exact) mass is 254 g/mol. The maximum Gasteiger partial charge on any atom is 0.416 e. The molecule has 2 rings (SSSR count). The SMILES string of the molecule is FC(F)(F)c1ccc(Sc2ccccc2)cc1. The first-order valence-electron chi connectivity index (χ1n) is 4.96. The number of hydrogen-bond acceptors (Lipinski definition) is 1. The van der Waals surface area contributed by atoms with E-state index >= 15 is 0 Å². The van der Waals surface area contributed by atoms with E-state index in [0.717, 1.165) is 21.9 Å². The quantitative estimate of drug-likeness (QED) is 0.737. The predicted molar refractivity (Wildman–Crippen MR) is 62.0 cm³/mol. The van der Waals surface area contributed by atoms with Gasteiger partial charge in [-0.15, -0.1) is 0 Å². The summed E-state index contributed by atoms with van der Waals surface area (Å²) in [5.41, 5.74) is -0.616. The van der Waals surface area contributed by atoms with Gasteiger partial charge in [0.1, 0.15) is 0 Å². The molecule has 4 heteroatoms. The summed E-state index contributed by atoms with van der Waals surface area (Å²) in [5.74, 6) is 0. The fraction of sp³-hybridized carbons (Fsp3) is 0.0769. The molecule has 0 N–H and O–H groups in total. The zero-order chi connectivity index (χ0) is 12.3.